The molecular weight excluding hydrogens is 114 g/mol. The molecule has 0 aliphatic rings. The molecule has 2 nitrogen and oxygen atoms in total. The molecule has 1 aromatic heterocycles. The lowest BCUT2D eigenvalue weighted by Gasteiger charge is -1.93. The van der Waals surface area contributed by atoms with E-state index in [1.54, 1.807) is 18.5 Å². The lowest BCUT2D eigenvalue weighted by Crippen LogP contribution is -1.79. The quantitative estimate of drug-likeness (QED) is 0.550. The van der Waals surface area contributed by atoms with Crippen LogP contribution in [-0.4, -0.2) is 4.98 Å². The maximum atomic E-state index is 4.88. The summed E-state index contributed by atoms with van der Waals surface area (Å²) >= 11 is 0. The molecule has 0 aromatic carbocycles. The fourth-order valence-corrected chi connectivity index (χ4v) is 0.471. The van der Waals surface area contributed by atoms with Crippen LogP contribution < -0.4 is 4.74 Å². The van der Waals surface area contributed by atoms with Crippen molar-refractivity contribution in [2.24, 2.45) is 0 Å². The minimum atomic E-state index is 0.660. The molecule has 9 heavy (non-hydrogen) atoms. The molecule has 1 heterocycles. The van der Waals surface area contributed by atoms with E-state index < -0.39 is 0 Å². The van der Waals surface area contributed by atoms with Crippen molar-refractivity contribution < 1.29 is 4.74 Å². The normalized spacial score (nSPS) is 8.44. The fraction of sp³-hybridized carbons (Fsp3) is 0. The minimum absolute atomic E-state index is 0.660. The highest BCUT2D eigenvalue weighted by atomic mass is 16.5. The first-order valence-corrected chi connectivity index (χ1v) is 2.52. The maximum absolute atomic E-state index is 4.88. The summed E-state index contributed by atoms with van der Waals surface area (Å²) in [6, 6.07) is 4.45. The molecule has 0 unspecified atom stereocenters. The number of ether oxygens (including phenoxy) is 1. The third-order valence-electron chi connectivity index (χ3n) is 0.796. The van der Waals surface area contributed by atoms with Crippen molar-refractivity contribution in [2.75, 3.05) is 0 Å². The van der Waals surface area contributed by atoms with Crippen LogP contribution in [0.1, 0.15) is 0 Å². The van der Waals surface area contributed by atoms with E-state index in [1.165, 1.54) is 6.26 Å². The Morgan fingerprint density at radius 3 is 3.22 bits per heavy atom. The molecule has 2 heteroatoms. The SMILES string of the molecule is C=COc1c[c]cnc1. The smallest absolute Gasteiger partial charge is 0.145 e. The number of rotatable bonds is 2. The molecule has 1 rings (SSSR count). The van der Waals surface area contributed by atoms with Gasteiger partial charge in [-0.25, -0.2) is 0 Å². The van der Waals surface area contributed by atoms with Gasteiger partial charge in [0, 0.05) is 12.3 Å². The molecule has 0 amide bonds. The standard InChI is InChI=1S/C7H6NO/c1-2-9-7-4-3-5-8-6-7/h2,4-6H,1H2. The average Bonchev–Trinajstić information content (AvgIpc) is 1.91. The third kappa shape index (κ3) is 1.57. The number of hydrogen-bond donors (Lipinski definition) is 0. The Labute approximate surface area is 53.8 Å². The topological polar surface area (TPSA) is 22.1 Å². The van der Waals surface area contributed by atoms with E-state index in [2.05, 4.69) is 17.6 Å². The Bertz CT molecular complexity index is 183. The molecule has 45 valence electrons. The highest BCUT2D eigenvalue weighted by Crippen LogP contribution is 2.04. The molecule has 0 fully saturated rings. The van der Waals surface area contributed by atoms with Gasteiger partial charge in [-0.05, 0) is 6.07 Å². The van der Waals surface area contributed by atoms with E-state index in [9.17, 15) is 0 Å². The lowest BCUT2D eigenvalue weighted by molar-refractivity contribution is 0.481. The van der Waals surface area contributed by atoms with Crippen molar-refractivity contribution in [3.63, 3.8) is 0 Å². The van der Waals surface area contributed by atoms with Gasteiger partial charge < -0.3 is 4.74 Å². The van der Waals surface area contributed by atoms with E-state index in [-0.39, 0.29) is 0 Å². The van der Waals surface area contributed by atoms with Crippen LogP contribution in [-0.2, 0) is 0 Å². The van der Waals surface area contributed by atoms with Gasteiger partial charge in [-0.1, -0.05) is 6.58 Å². The second-order valence-corrected chi connectivity index (χ2v) is 1.41. The predicted molar refractivity (Wildman–Crippen MR) is 33.9 cm³/mol. The van der Waals surface area contributed by atoms with E-state index >= 15 is 0 Å². The van der Waals surface area contributed by atoms with Crippen molar-refractivity contribution >= 4 is 0 Å². The van der Waals surface area contributed by atoms with Gasteiger partial charge in [0.15, 0.2) is 0 Å². The molecule has 0 N–H and O–H groups in total. The van der Waals surface area contributed by atoms with E-state index in [1.807, 2.05) is 0 Å². The summed E-state index contributed by atoms with van der Waals surface area (Å²) in [6.07, 6.45) is 4.51. The zero-order chi connectivity index (χ0) is 6.53. The zero-order valence-electron chi connectivity index (χ0n) is 4.87. The largest absolute Gasteiger partial charge is 0.464 e. The molecule has 1 aromatic rings. The fourth-order valence-electron chi connectivity index (χ4n) is 0.471. The first-order chi connectivity index (χ1) is 4.43. The Morgan fingerprint density at radius 1 is 1.78 bits per heavy atom. The molecule has 1 radical (unpaired) electrons. The van der Waals surface area contributed by atoms with E-state index in [0.29, 0.717) is 5.75 Å². The summed E-state index contributed by atoms with van der Waals surface area (Å²) in [5.74, 6) is 0.660. The van der Waals surface area contributed by atoms with Gasteiger partial charge in [-0.15, -0.1) is 0 Å². The molecule has 0 saturated heterocycles. The Balaban J connectivity index is 2.72. The van der Waals surface area contributed by atoms with Crippen molar-refractivity contribution in [2.45, 2.75) is 0 Å². The zero-order valence-corrected chi connectivity index (χ0v) is 4.87. The van der Waals surface area contributed by atoms with E-state index in [0.717, 1.165) is 0 Å². The van der Waals surface area contributed by atoms with Gasteiger partial charge in [-0.3, -0.25) is 4.98 Å². The molecule has 0 aliphatic carbocycles. The molecular formula is C7H6NO. The highest BCUT2D eigenvalue weighted by Gasteiger charge is 1.84. The second kappa shape index (κ2) is 2.87. The van der Waals surface area contributed by atoms with Crippen molar-refractivity contribution in [1.82, 2.24) is 4.98 Å². The van der Waals surface area contributed by atoms with Gasteiger partial charge in [0.05, 0.1) is 12.5 Å². The predicted octanol–water partition coefficient (Wildman–Crippen LogP) is 1.40. The van der Waals surface area contributed by atoms with Crippen molar-refractivity contribution in [3.8, 4) is 5.75 Å². The van der Waals surface area contributed by atoms with E-state index in [4.69, 9.17) is 4.74 Å². The van der Waals surface area contributed by atoms with Gasteiger partial charge in [0.1, 0.15) is 5.75 Å². The molecule has 0 saturated carbocycles. The summed E-state index contributed by atoms with van der Waals surface area (Å²) in [5.41, 5.74) is 0. The highest BCUT2D eigenvalue weighted by molar-refractivity contribution is 5.15. The van der Waals surface area contributed by atoms with Crippen LogP contribution in [0.3, 0.4) is 0 Å². The van der Waals surface area contributed by atoms with Crippen LogP contribution >= 0.6 is 0 Å². The molecule has 0 bridgehead atoms. The number of hydrogen-bond acceptors (Lipinski definition) is 2. The summed E-state index contributed by atoms with van der Waals surface area (Å²) in [4.78, 5) is 3.77. The van der Waals surface area contributed by atoms with Crippen LogP contribution in [0.15, 0.2) is 31.3 Å². The van der Waals surface area contributed by atoms with Crippen LogP contribution in [0.25, 0.3) is 0 Å². The average molecular weight is 120 g/mol. The Hall–Kier alpha value is -1.31. The first kappa shape index (κ1) is 5.82. The van der Waals surface area contributed by atoms with Crippen LogP contribution in [0.4, 0.5) is 0 Å². The Morgan fingerprint density at radius 2 is 2.67 bits per heavy atom. The Kier molecular flexibility index (Phi) is 1.85. The van der Waals surface area contributed by atoms with Gasteiger partial charge in [0.2, 0.25) is 0 Å². The van der Waals surface area contributed by atoms with Crippen molar-refractivity contribution in [3.05, 3.63) is 37.4 Å². The van der Waals surface area contributed by atoms with Crippen LogP contribution in [0.2, 0.25) is 0 Å². The lowest BCUT2D eigenvalue weighted by atomic mass is 10.5. The third-order valence-corrected chi connectivity index (χ3v) is 0.796. The monoisotopic (exact) mass is 120 g/mol. The molecule has 0 aliphatic heterocycles. The van der Waals surface area contributed by atoms with Crippen LogP contribution in [0, 0.1) is 6.07 Å². The second-order valence-electron chi connectivity index (χ2n) is 1.41. The summed E-state index contributed by atoms with van der Waals surface area (Å²) in [6.45, 7) is 3.39. The van der Waals surface area contributed by atoms with Gasteiger partial charge in [-0.2, -0.15) is 0 Å². The molecule has 0 spiro atoms. The first-order valence-electron chi connectivity index (χ1n) is 2.52. The summed E-state index contributed by atoms with van der Waals surface area (Å²) in [5, 5.41) is 0. The maximum Gasteiger partial charge on any atom is 0.145 e. The van der Waals surface area contributed by atoms with Gasteiger partial charge >= 0.3 is 0 Å². The molecule has 0 atom stereocenters. The minimum Gasteiger partial charge on any atom is -0.464 e. The van der Waals surface area contributed by atoms with Gasteiger partial charge in [0.25, 0.3) is 0 Å². The van der Waals surface area contributed by atoms with Crippen LogP contribution in [0.5, 0.6) is 5.75 Å². The summed E-state index contributed by atoms with van der Waals surface area (Å²) < 4.78 is 4.88. The number of pyridine rings is 1. The number of nitrogens with zero attached hydrogens (tertiary/aromatic N) is 1. The number of aromatic nitrogens is 1. The summed E-state index contributed by atoms with van der Waals surface area (Å²) in [7, 11) is 0. The van der Waals surface area contributed by atoms with Crippen molar-refractivity contribution in [1.29, 1.82) is 0 Å².